The van der Waals surface area contributed by atoms with Crippen molar-refractivity contribution < 1.29 is 19.1 Å². The van der Waals surface area contributed by atoms with E-state index in [0.29, 0.717) is 13.0 Å². The van der Waals surface area contributed by atoms with Crippen molar-refractivity contribution >= 4 is 25.2 Å². The summed E-state index contributed by atoms with van der Waals surface area (Å²) < 4.78 is 12.4. The Hall–Kier alpha value is -1.89. The summed E-state index contributed by atoms with van der Waals surface area (Å²) >= 11 is 0. The standard InChI is InChI=1S/C26H39NO4Si/c1-25(2,3)30-24(29)27-17-19(31-32(7,8)26(4,5)6)16-22(27)23(28)21-15-11-13-18-12-9-10-14-20(18)21/h9-15,19,22-23,28H,16-17H2,1-8H3/t19-,22+,23?/m1/s1. The number of hydrogen-bond acceptors (Lipinski definition) is 4. The van der Waals surface area contributed by atoms with Gasteiger partial charge in [-0.25, -0.2) is 4.79 Å². The van der Waals surface area contributed by atoms with Gasteiger partial charge in [0.25, 0.3) is 0 Å². The van der Waals surface area contributed by atoms with Gasteiger partial charge in [-0.1, -0.05) is 63.2 Å². The topological polar surface area (TPSA) is 59.0 Å². The molecule has 1 heterocycles. The highest BCUT2D eigenvalue weighted by atomic mass is 28.4. The molecule has 0 radical (unpaired) electrons. The molecule has 1 saturated heterocycles. The van der Waals surface area contributed by atoms with Crippen molar-refractivity contribution in [2.75, 3.05) is 6.54 Å². The van der Waals surface area contributed by atoms with Crippen molar-refractivity contribution in [2.45, 2.75) is 89.9 Å². The van der Waals surface area contributed by atoms with Crippen LogP contribution in [0.3, 0.4) is 0 Å². The molecule has 0 aromatic heterocycles. The van der Waals surface area contributed by atoms with Gasteiger partial charge in [0.2, 0.25) is 0 Å². The highest BCUT2D eigenvalue weighted by Gasteiger charge is 2.46. The fraction of sp³-hybridized carbons (Fsp3) is 0.577. The summed E-state index contributed by atoms with van der Waals surface area (Å²) in [6.45, 7) is 17.1. The van der Waals surface area contributed by atoms with Crippen molar-refractivity contribution in [1.82, 2.24) is 4.90 Å². The van der Waals surface area contributed by atoms with Gasteiger partial charge in [-0.3, -0.25) is 4.90 Å². The average Bonchev–Trinajstić information content (AvgIpc) is 3.08. The zero-order valence-corrected chi connectivity index (χ0v) is 21.8. The molecule has 3 rings (SSSR count). The van der Waals surface area contributed by atoms with Crippen LogP contribution in [0.2, 0.25) is 18.1 Å². The van der Waals surface area contributed by atoms with Crippen LogP contribution in [0.25, 0.3) is 10.8 Å². The number of hydrogen-bond donors (Lipinski definition) is 1. The third-order valence-electron chi connectivity index (χ3n) is 6.71. The minimum absolute atomic E-state index is 0.0656. The van der Waals surface area contributed by atoms with Crippen LogP contribution >= 0.6 is 0 Å². The highest BCUT2D eigenvalue weighted by Crippen LogP contribution is 2.41. The SMILES string of the molecule is CC(C)(C)OC(=O)N1C[C@H](O[Si](C)(C)C(C)(C)C)C[C@H]1C(O)c1cccc2ccccc12. The first-order valence-electron chi connectivity index (χ1n) is 11.5. The zero-order valence-electron chi connectivity index (χ0n) is 20.8. The number of benzene rings is 2. The van der Waals surface area contributed by atoms with Crippen molar-refractivity contribution in [3.8, 4) is 0 Å². The molecular formula is C26H39NO4Si. The van der Waals surface area contributed by atoms with E-state index in [2.05, 4.69) is 33.9 Å². The minimum Gasteiger partial charge on any atom is -0.444 e. The first kappa shape index (κ1) is 24.7. The average molecular weight is 458 g/mol. The number of rotatable bonds is 4. The second kappa shape index (κ2) is 8.80. The maximum absolute atomic E-state index is 13.1. The number of aliphatic hydroxyl groups is 1. The number of carbonyl (C=O) groups excluding carboxylic acids is 1. The first-order valence-corrected chi connectivity index (χ1v) is 14.4. The minimum atomic E-state index is -2.03. The van der Waals surface area contributed by atoms with E-state index >= 15 is 0 Å². The summed E-state index contributed by atoms with van der Waals surface area (Å²) in [7, 11) is -2.03. The van der Waals surface area contributed by atoms with Crippen LogP contribution in [0, 0.1) is 0 Å². The lowest BCUT2D eigenvalue weighted by atomic mass is 9.95. The summed E-state index contributed by atoms with van der Waals surface area (Å²) in [6.07, 6.45) is -0.779. The van der Waals surface area contributed by atoms with E-state index in [4.69, 9.17) is 9.16 Å². The molecule has 0 spiro atoms. The molecule has 0 bridgehead atoms. The van der Waals surface area contributed by atoms with E-state index in [1.54, 1.807) is 4.90 Å². The van der Waals surface area contributed by atoms with Crippen molar-refractivity contribution in [2.24, 2.45) is 0 Å². The zero-order chi connectivity index (χ0) is 23.9. The van der Waals surface area contributed by atoms with Crippen molar-refractivity contribution in [1.29, 1.82) is 0 Å². The maximum Gasteiger partial charge on any atom is 0.410 e. The number of amides is 1. The van der Waals surface area contributed by atoms with Gasteiger partial charge in [0, 0.05) is 6.54 Å². The molecule has 2 aromatic rings. The van der Waals surface area contributed by atoms with Crippen LogP contribution in [-0.2, 0) is 9.16 Å². The number of fused-ring (bicyclic) bond motifs is 1. The molecular weight excluding hydrogens is 418 g/mol. The molecule has 1 N–H and O–H groups in total. The number of carbonyl (C=O) groups is 1. The lowest BCUT2D eigenvalue weighted by Crippen LogP contribution is -2.45. The summed E-state index contributed by atoms with van der Waals surface area (Å²) in [4.78, 5) is 14.8. The quantitative estimate of drug-likeness (QED) is 0.550. The van der Waals surface area contributed by atoms with Gasteiger partial charge in [-0.05, 0) is 61.7 Å². The normalized spacial score (nSPS) is 21.1. The summed E-state index contributed by atoms with van der Waals surface area (Å²) in [5.74, 6) is 0. The van der Waals surface area contributed by atoms with Crippen LogP contribution in [0.1, 0.15) is 59.6 Å². The van der Waals surface area contributed by atoms with E-state index < -0.39 is 32.2 Å². The molecule has 6 heteroatoms. The molecule has 1 fully saturated rings. The van der Waals surface area contributed by atoms with Gasteiger partial charge in [0.05, 0.1) is 12.1 Å². The third kappa shape index (κ3) is 5.35. The Morgan fingerprint density at radius 1 is 1.06 bits per heavy atom. The molecule has 0 aliphatic carbocycles. The number of likely N-dealkylation sites (tertiary alicyclic amines) is 1. The Balaban J connectivity index is 1.93. The number of aliphatic hydroxyl groups excluding tert-OH is 1. The Morgan fingerprint density at radius 2 is 1.69 bits per heavy atom. The van der Waals surface area contributed by atoms with Gasteiger partial charge in [0.1, 0.15) is 11.7 Å². The monoisotopic (exact) mass is 457 g/mol. The summed E-state index contributed by atoms with van der Waals surface area (Å²) in [5.41, 5.74) is 0.222. The lowest BCUT2D eigenvalue weighted by molar-refractivity contribution is 0.00466. The predicted molar refractivity (Wildman–Crippen MR) is 132 cm³/mol. The molecule has 3 atom stereocenters. The molecule has 1 aliphatic rings. The molecule has 1 unspecified atom stereocenters. The van der Waals surface area contributed by atoms with Crippen molar-refractivity contribution in [3.05, 3.63) is 48.0 Å². The Bertz CT molecular complexity index is 955. The van der Waals surface area contributed by atoms with Crippen LogP contribution < -0.4 is 0 Å². The van der Waals surface area contributed by atoms with Crippen LogP contribution in [-0.4, -0.2) is 48.7 Å². The largest absolute Gasteiger partial charge is 0.444 e. The second-order valence-electron chi connectivity index (χ2n) is 11.4. The van der Waals surface area contributed by atoms with Crippen molar-refractivity contribution in [3.63, 3.8) is 0 Å². The fourth-order valence-electron chi connectivity index (χ4n) is 4.05. The van der Waals surface area contributed by atoms with Crippen LogP contribution in [0.5, 0.6) is 0 Å². The van der Waals surface area contributed by atoms with Gasteiger partial charge in [-0.15, -0.1) is 0 Å². The van der Waals surface area contributed by atoms with Gasteiger partial charge in [-0.2, -0.15) is 0 Å². The van der Waals surface area contributed by atoms with Gasteiger partial charge in [0.15, 0.2) is 8.32 Å². The molecule has 176 valence electrons. The Kier molecular flexibility index (Phi) is 6.81. The molecule has 2 aromatic carbocycles. The highest BCUT2D eigenvalue weighted by molar-refractivity contribution is 6.74. The van der Waals surface area contributed by atoms with Gasteiger partial charge >= 0.3 is 6.09 Å². The lowest BCUT2D eigenvalue weighted by Gasteiger charge is -2.38. The number of ether oxygens (including phenoxy) is 1. The molecule has 5 nitrogen and oxygen atoms in total. The van der Waals surface area contributed by atoms with E-state index in [1.165, 1.54) is 0 Å². The molecule has 0 saturated carbocycles. The molecule has 1 amide bonds. The number of nitrogens with zero attached hydrogens (tertiary/aromatic N) is 1. The second-order valence-corrected chi connectivity index (χ2v) is 16.2. The van der Waals surface area contributed by atoms with E-state index in [9.17, 15) is 9.90 Å². The fourth-order valence-corrected chi connectivity index (χ4v) is 5.41. The van der Waals surface area contributed by atoms with E-state index in [0.717, 1.165) is 16.3 Å². The molecule has 32 heavy (non-hydrogen) atoms. The van der Waals surface area contributed by atoms with Crippen LogP contribution in [0.4, 0.5) is 4.79 Å². The summed E-state index contributed by atoms with van der Waals surface area (Å²) in [5, 5.41) is 13.7. The van der Waals surface area contributed by atoms with Gasteiger partial charge < -0.3 is 14.3 Å². The first-order chi connectivity index (χ1) is 14.7. The maximum atomic E-state index is 13.1. The van der Waals surface area contributed by atoms with E-state index in [-0.39, 0.29) is 11.1 Å². The Morgan fingerprint density at radius 3 is 2.31 bits per heavy atom. The Labute approximate surface area is 193 Å². The van der Waals surface area contributed by atoms with Crippen LogP contribution in [0.15, 0.2) is 42.5 Å². The summed E-state index contributed by atoms with van der Waals surface area (Å²) in [6, 6.07) is 13.5. The molecule has 1 aliphatic heterocycles. The third-order valence-corrected chi connectivity index (χ3v) is 11.2. The predicted octanol–water partition coefficient (Wildman–Crippen LogP) is 6.27. The van der Waals surface area contributed by atoms with E-state index in [1.807, 2.05) is 63.2 Å². The smallest absolute Gasteiger partial charge is 0.410 e.